The number of rotatable bonds is 7. The fourth-order valence-electron chi connectivity index (χ4n) is 2.34. The zero-order valence-corrected chi connectivity index (χ0v) is 12.2. The smallest absolute Gasteiger partial charge is 0.221 e. The van der Waals surface area contributed by atoms with Crippen LogP contribution in [0, 0.1) is 0 Å². The Morgan fingerprint density at radius 2 is 2.17 bits per heavy atom. The molecule has 0 spiro atoms. The summed E-state index contributed by atoms with van der Waals surface area (Å²) < 4.78 is 0. The Kier molecular flexibility index (Phi) is 7.28. The molecule has 1 heterocycles. The molecule has 4 nitrogen and oxygen atoms in total. The minimum absolute atomic E-state index is 0.160. The SMILES string of the molecule is CC(C)NC(=O)CCN(C)CCC1CCCCN1. The number of amides is 1. The molecule has 1 saturated heterocycles. The molecule has 4 heteroatoms. The van der Waals surface area contributed by atoms with Crippen molar-refractivity contribution in [2.45, 2.75) is 58.0 Å². The second-order valence-electron chi connectivity index (χ2n) is 5.71. The van der Waals surface area contributed by atoms with Gasteiger partial charge in [-0.2, -0.15) is 0 Å². The van der Waals surface area contributed by atoms with Crippen molar-refractivity contribution >= 4 is 5.91 Å². The van der Waals surface area contributed by atoms with Crippen molar-refractivity contribution in [1.82, 2.24) is 15.5 Å². The number of nitrogens with zero attached hydrogens (tertiary/aromatic N) is 1. The topological polar surface area (TPSA) is 44.4 Å². The van der Waals surface area contributed by atoms with E-state index in [-0.39, 0.29) is 11.9 Å². The van der Waals surface area contributed by atoms with Crippen LogP contribution in [0.25, 0.3) is 0 Å². The van der Waals surface area contributed by atoms with E-state index in [2.05, 4.69) is 22.6 Å². The molecule has 106 valence electrons. The van der Waals surface area contributed by atoms with Gasteiger partial charge in [0.15, 0.2) is 0 Å². The van der Waals surface area contributed by atoms with Gasteiger partial charge in [0, 0.05) is 25.0 Å². The molecule has 0 aromatic heterocycles. The summed E-state index contributed by atoms with van der Waals surface area (Å²) in [6, 6.07) is 0.930. The van der Waals surface area contributed by atoms with Gasteiger partial charge >= 0.3 is 0 Å². The van der Waals surface area contributed by atoms with Gasteiger partial charge in [-0.1, -0.05) is 6.42 Å². The van der Waals surface area contributed by atoms with Gasteiger partial charge in [0.05, 0.1) is 0 Å². The van der Waals surface area contributed by atoms with Crippen LogP contribution < -0.4 is 10.6 Å². The third-order valence-corrected chi connectivity index (χ3v) is 3.44. The summed E-state index contributed by atoms with van der Waals surface area (Å²) in [5.41, 5.74) is 0. The minimum atomic E-state index is 0.160. The summed E-state index contributed by atoms with van der Waals surface area (Å²) >= 11 is 0. The first-order valence-corrected chi connectivity index (χ1v) is 7.29. The van der Waals surface area contributed by atoms with Crippen LogP contribution >= 0.6 is 0 Å². The summed E-state index contributed by atoms with van der Waals surface area (Å²) in [5, 5.41) is 6.49. The molecule has 1 fully saturated rings. The van der Waals surface area contributed by atoms with Gasteiger partial charge in [0.25, 0.3) is 0 Å². The van der Waals surface area contributed by atoms with Gasteiger partial charge in [0.1, 0.15) is 0 Å². The Labute approximate surface area is 111 Å². The van der Waals surface area contributed by atoms with E-state index >= 15 is 0 Å². The number of carbonyl (C=O) groups is 1. The number of nitrogens with one attached hydrogen (secondary N) is 2. The molecule has 0 aliphatic carbocycles. The highest BCUT2D eigenvalue weighted by molar-refractivity contribution is 5.76. The fourth-order valence-corrected chi connectivity index (χ4v) is 2.34. The molecular weight excluding hydrogens is 226 g/mol. The van der Waals surface area contributed by atoms with Crippen LogP contribution in [0.3, 0.4) is 0 Å². The van der Waals surface area contributed by atoms with Crippen molar-refractivity contribution in [2.75, 3.05) is 26.7 Å². The second kappa shape index (κ2) is 8.48. The van der Waals surface area contributed by atoms with Gasteiger partial charge in [-0.3, -0.25) is 4.79 Å². The van der Waals surface area contributed by atoms with E-state index in [1.165, 1.54) is 32.2 Å². The zero-order chi connectivity index (χ0) is 13.4. The molecule has 1 aliphatic rings. The van der Waals surface area contributed by atoms with Crippen molar-refractivity contribution in [1.29, 1.82) is 0 Å². The van der Waals surface area contributed by atoms with Gasteiger partial charge in [0.2, 0.25) is 5.91 Å². The fraction of sp³-hybridized carbons (Fsp3) is 0.929. The quantitative estimate of drug-likeness (QED) is 0.722. The van der Waals surface area contributed by atoms with Gasteiger partial charge in [-0.15, -0.1) is 0 Å². The third kappa shape index (κ3) is 6.97. The summed E-state index contributed by atoms with van der Waals surface area (Å²) in [4.78, 5) is 13.8. The van der Waals surface area contributed by atoms with Crippen LogP contribution in [0.15, 0.2) is 0 Å². The molecule has 0 radical (unpaired) electrons. The molecule has 1 rings (SSSR count). The molecular formula is C14H29N3O. The van der Waals surface area contributed by atoms with E-state index in [9.17, 15) is 4.79 Å². The van der Waals surface area contributed by atoms with Crippen LogP contribution in [-0.2, 0) is 4.79 Å². The Bertz CT molecular complexity index is 237. The number of hydrogen-bond acceptors (Lipinski definition) is 3. The highest BCUT2D eigenvalue weighted by atomic mass is 16.1. The van der Waals surface area contributed by atoms with Crippen LogP contribution in [0.1, 0.15) is 46.0 Å². The van der Waals surface area contributed by atoms with Crippen molar-refractivity contribution in [3.05, 3.63) is 0 Å². The van der Waals surface area contributed by atoms with Gasteiger partial charge < -0.3 is 15.5 Å². The largest absolute Gasteiger partial charge is 0.354 e. The Morgan fingerprint density at radius 1 is 1.39 bits per heavy atom. The van der Waals surface area contributed by atoms with Crippen molar-refractivity contribution < 1.29 is 4.79 Å². The Morgan fingerprint density at radius 3 is 2.78 bits per heavy atom. The lowest BCUT2D eigenvalue weighted by Crippen LogP contribution is -2.38. The average molecular weight is 255 g/mol. The molecule has 0 aromatic rings. The molecule has 1 amide bonds. The first-order valence-electron chi connectivity index (χ1n) is 7.29. The standard InChI is InChI=1S/C14H29N3O/c1-12(2)16-14(18)8-11-17(3)10-7-13-6-4-5-9-15-13/h12-13,15H,4-11H2,1-3H3,(H,16,18). The van der Waals surface area contributed by atoms with E-state index in [1.54, 1.807) is 0 Å². The van der Waals surface area contributed by atoms with E-state index in [1.807, 2.05) is 13.8 Å². The highest BCUT2D eigenvalue weighted by Gasteiger charge is 2.13. The highest BCUT2D eigenvalue weighted by Crippen LogP contribution is 2.10. The molecule has 0 bridgehead atoms. The van der Waals surface area contributed by atoms with Crippen molar-refractivity contribution in [3.8, 4) is 0 Å². The molecule has 0 saturated carbocycles. The normalized spacial score (nSPS) is 20.4. The lowest BCUT2D eigenvalue weighted by Gasteiger charge is -2.25. The maximum Gasteiger partial charge on any atom is 0.221 e. The number of carbonyl (C=O) groups excluding carboxylic acids is 1. The second-order valence-corrected chi connectivity index (χ2v) is 5.71. The van der Waals surface area contributed by atoms with Crippen molar-refractivity contribution in [3.63, 3.8) is 0 Å². The van der Waals surface area contributed by atoms with Crippen LogP contribution in [-0.4, -0.2) is 49.6 Å². The van der Waals surface area contributed by atoms with E-state index in [0.29, 0.717) is 12.5 Å². The van der Waals surface area contributed by atoms with Gasteiger partial charge in [-0.05, 0) is 53.2 Å². The average Bonchev–Trinajstić information content (AvgIpc) is 2.34. The first-order chi connectivity index (χ1) is 8.58. The number of hydrogen-bond donors (Lipinski definition) is 2. The summed E-state index contributed by atoms with van der Waals surface area (Å²) in [7, 11) is 2.10. The predicted octanol–water partition coefficient (Wildman–Crippen LogP) is 1.37. The minimum Gasteiger partial charge on any atom is -0.354 e. The summed E-state index contributed by atoms with van der Waals surface area (Å²) in [5.74, 6) is 0.160. The van der Waals surface area contributed by atoms with E-state index in [4.69, 9.17) is 0 Å². The molecule has 1 aliphatic heterocycles. The van der Waals surface area contributed by atoms with E-state index in [0.717, 1.165) is 13.1 Å². The van der Waals surface area contributed by atoms with Crippen LogP contribution in [0.2, 0.25) is 0 Å². The zero-order valence-electron chi connectivity index (χ0n) is 12.2. The predicted molar refractivity (Wildman–Crippen MR) is 75.7 cm³/mol. The van der Waals surface area contributed by atoms with Gasteiger partial charge in [-0.25, -0.2) is 0 Å². The Balaban J connectivity index is 2.05. The molecule has 1 atom stereocenters. The molecule has 0 aromatic carbocycles. The van der Waals surface area contributed by atoms with Crippen LogP contribution in [0.4, 0.5) is 0 Å². The monoisotopic (exact) mass is 255 g/mol. The summed E-state index contributed by atoms with van der Waals surface area (Å²) in [6.07, 6.45) is 5.79. The summed E-state index contributed by atoms with van der Waals surface area (Å²) in [6.45, 7) is 7.09. The van der Waals surface area contributed by atoms with Crippen LogP contribution in [0.5, 0.6) is 0 Å². The van der Waals surface area contributed by atoms with E-state index < -0.39 is 0 Å². The number of piperidine rings is 1. The Hall–Kier alpha value is -0.610. The maximum absolute atomic E-state index is 11.5. The molecule has 1 unspecified atom stereocenters. The van der Waals surface area contributed by atoms with Crippen molar-refractivity contribution in [2.24, 2.45) is 0 Å². The lowest BCUT2D eigenvalue weighted by atomic mass is 10.0. The molecule has 18 heavy (non-hydrogen) atoms. The third-order valence-electron chi connectivity index (χ3n) is 3.44. The molecule has 2 N–H and O–H groups in total. The first kappa shape index (κ1) is 15.4. The maximum atomic E-state index is 11.5. The lowest BCUT2D eigenvalue weighted by molar-refractivity contribution is -0.121.